The molecule has 0 unspecified atom stereocenters. The Morgan fingerprint density at radius 2 is 2.00 bits per heavy atom. The predicted molar refractivity (Wildman–Crippen MR) is 125 cm³/mol. The number of hydrogen-bond donors (Lipinski definition) is 3. The fraction of sp³-hybridized carbons (Fsp3) is 0.240. The standard InChI is InChI=1S/C25H25N3O6/c1-15-11-21(30)24(32)25(34-15)17(16-7-8-20(29)22(12-16)33-2)13-23(31)26-9-10-28-14-27-18-5-3-4-6-19(18)28/h3-8,11-12,14,17,29,32H,9-10,13H2,1-2H3,(H,26,31)/t17-/m1/s1. The second-order valence-electron chi connectivity index (χ2n) is 7.90. The summed E-state index contributed by atoms with van der Waals surface area (Å²) in [7, 11) is 1.41. The Hall–Kier alpha value is -4.27. The van der Waals surface area contributed by atoms with E-state index in [1.807, 2.05) is 28.8 Å². The Morgan fingerprint density at radius 3 is 2.79 bits per heavy atom. The summed E-state index contributed by atoms with van der Waals surface area (Å²) in [4.78, 5) is 29.4. The van der Waals surface area contributed by atoms with Crippen LogP contribution in [0.25, 0.3) is 11.0 Å². The number of phenolic OH excluding ortho intramolecular Hbond substituents is 1. The third-order valence-corrected chi connectivity index (χ3v) is 5.59. The first kappa shape index (κ1) is 22.9. The minimum atomic E-state index is -0.781. The molecule has 2 aromatic carbocycles. The van der Waals surface area contributed by atoms with Gasteiger partial charge >= 0.3 is 0 Å². The zero-order valence-corrected chi connectivity index (χ0v) is 18.8. The van der Waals surface area contributed by atoms with E-state index < -0.39 is 17.1 Å². The van der Waals surface area contributed by atoms with Crippen molar-refractivity contribution in [1.82, 2.24) is 14.9 Å². The molecule has 0 radical (unpaired) electrons. The summed E-state index contributed by atoms with van der Waals surface area (Å²) >= 11 is 0. The molecule has 0 saturated carbocycles. The molecule has 0 saturated heterocycles. The van der Waals surface area contributed by atoms with Crippen molar-refractivity contribution in [2.75, 3.05) is 13.7 Å². The second kappa shape index (κ2) is 9.70. The lowest BCUT2D eigenvalue weighted by atomic mass is 9.91. The molecule has 0 fully saturated rings. The normalized spacial score (nSPS) is 11.9. The summed E-state index contributed by atoms with van der Waals surface area (Å²) in [5, 5.41) is 23.3. The third kappa shape index (κ3) is 4.73. The number of aryl methyl sites for hydroxylation is 1. The van der Waals surface area contributed by atoms with Gasteiger partial charge in [0.1, 0.15) is 5.76 Å². The second-order valence-corrected chi connectivity index (χ2v) is 7.90. The van der Waals surface area contributed by atoms with E-state index in [4.69, 9.17) is 9.15 Å². The zero-order chi connectivity index (χ0) is 24.2. The molecule has 0 aliphatic carbocycles. The highest BCUT2D eigenvalue weighted by Crippen LogP contribution is 2.37. The number of carbonyl (C=O) groups is 1. The molecule has 9 heteroatoms. The molecule has 9 nitrogen and oxygen atoms in total. The predicted octanol–water partition coefficient (Wildman–Crippen LogP) is 3.06. The summed E-state index contributed by atoms with van der Waals surface area (Å²) in [5.41, 5.74) is 1.79. The summed E-state index contributed by atoms with van der Waals surface area (Å²) in [5.74, 6) is -1.22. The van der Waals surface area contributed by atoms with Crippen molar-refractivity contribution in [3.63, 3.8) is 0 Å². The van der Waals surface area contributed by atoms with Crippen LogP contribution in [0.4, 0.5) is 0 Å². The van der Waals surface area contributed by atoms with Gasteiger partial charge in [0.2, 0.25) is 17.1 Å². The average Bonchev–Trinajstić information content (AvgIpc) is 3.23. The minimum absolute atomic E-state index is 0.0199. The molecule has 176 valence electrons. The third-order valence-electron chi connectivity index (χ3n) is 5.59. The molecule has 0 aliphatic rings. The first-order chi connectivity index (χ1) is 16.4. The van der Waals surface area contributed by atoms with Crippen LogP contribution < -0.4 is 15.5 Å². The minimum Gasteiger partial charge on any atom is -0.504 e. The first-order valence-corrected chi connectivity index (χ1v) is 10.7. The quantitative estimate of drug-likeness (QED) is 0.367. The van der Waals surface area contributed by atoms with Crippen molar-refractivity contribution in [1.29, 1.82) is 0 Å². The number of aromatic hydroxyl groups is 2. The van der Waals surface area contributed by atoms with Gasteiger partial charge in [0.25, 0.3) is 0 Å². The van der Waals surface area contributed by atoms with Crippen LogP contribution in [0.2, 0.25) is 0 Å². The van der Waals surface area contributed by atoms with Crippen LogP contribution in [0.5, 0.6) is 17.2 Å². The van der Waals surface area contributed by atoms with Crippen LogP contribution >= 0.6 is 0 Å². The lowest BCUT2D eigenvalue weighted by molar-refractivity contribution is -0.121. The van der Waals surface area contributed by atoms with Gasteiger partial charge in [-0.25, -0.2) is 4.98 Å². The highest BCUT2D eigenvalue weighted by molar-refractivity contribution is 5.78. The molecule has 0 aliphatic heterocycles. The molecule has 4 rings (SSSR count). The largest absolute Gasteiger partial charge is 0.504 e. The van der Waals surface area contributed by atoms with E-state index in [1.54, 1.807) is 25.4 Å². The fourth-order valence-corrected chi connectivity index (χ4v) is 3.90. The number of imidazole rings is 1. The van der Waals surface area contributed by atoms with Gasteiger partial charge in [-0.15, -0.1) is 0 Å². The van der Waals surface area contributed by atoms with Crippen LogP contribution in [0.1, 0.15) is 29.4 Å². The fourth-order valence-electron chi connectivity index (χ4n) is 3.90. The van der Waals surface area contributed by atoms with Crippen LogP contribution in [-0.4, -0.2) is 39.3 Å². The molecule has 2 heterocycles. The number of hydrogen-bond acceptors (Lipinski definition) is 7. The molecule has 0 spiro atoms. The number of phenols is 1. The van der Waals surface area contributed by atoms with Crippen molar-refractivity contribution in [2.45, 2.75) is 25.8 Å². The lowest BCUT2D eigenvalue weighted by Gasteiger charge is -2.19. The first-order valence-electron chi connectivity index (χ1n) is 10.7. The highest BCUT2D eigenvalue weighted by atomic mass is 16.5. The number of ether oxygens (including phenoxy) is 1. The van der Waals surface area contributed by atoms with Crippen LogP contribution in [-0.2, 0) is 11.3 Å². The van der Waals surface area contributed by atoms with Crippen LogP contribution in [0.3, 0.4) is 0 Å². The van der Waals surface area contributed by atoms with Gasteiger partial charge in [0.15, 0.2) is 17.3 Å². The molecule has 0 bridgehead atoms. The summed E-state index contributed by atoms with van der Waals surface area (Å²) in [6.07, 6.45) is 1.63. The van der Waals surface area contributed by atoms with E-state index >= 15 is 0 Å². The van der Waals surface area contributed by atoms with Crippen LogP contribution in [0.15, 0.2) is 64.1 Å². The maximum absolute atomic E-state index is 12.9. The van der Waals surface area contributed by atoms with Gasteiger partial charge in [-0.05, 0) is 36.8 Å². The summed E-state index contributed by atoms with van der Waals surface area (Å²) < 4.78 is 12.8. The van der Waals surface area contributed by atoms with Crippen molar-refractivity contribution in [3.05, 3.63) is 82.2 Å². The Balaban J connectivity index is 1.55. The smallest absolute Gasteiger partial charge is 0.227 e. The van der Waals surface area contributed by atoms with Crippen LogP contribution in [0, 0.1) is 6.92 Å². The van der Waals surface area contributed by atoms with E-state index in [0.29, 0.717) is 24.4 Å². The van der Waals surface area contributed by atoms with E-state index in [-0.39, 0.29) is 29.6 Å². The van der Waals surface area contributed by atoms with Gasteiger partial charge in [-0.1, -0.05) is 18.2 Å². The lowest BCUT2D eigenvalue weighted by Crippen LogP contribution is -2.28. The number of rotatable bonds is 8. The zero-order valence-electron chi connectivity index (χ0n) is 18.8. The van der Waals surface area contributed by atoms with Crippen molar-refractivity contribution in [2.24, 2.45) is 0 Å². The number of nitrogens with one attached hydrogen (secondary N) is 1. The monoisotopic (exact) mass is 463 g/mol. The van der Waals surface area contributed by atoms with Gasteiger partial charge < -0.3 is 29.3 Å². The molecule has 3 N–H and O–H groups in total. The molecule has 34 heavy (non-hydrogen) atoms. The van der Waals surface area contributed by atoms with Gasteiger partial charge in [0, 0.05) is 25.6 Å². The van der Waals surface area contributed by atoms with Crippen molar-refractivity contribution < 1.29 is 24.2 Å². The van der Waals surface area contributed by atoms with E-state index in [9.17, 15) is 19.8 Å². The molecular formula is C25H25N3O6. The van der Waals surface area contributed by atoms with Gasteiger partial charge in [0.05, 0.1) is 30.4 Å². The molecule has 2 aromatic heterocycles. The number of aromatic nitrogens is 2. The molecule has 1 atom stereocenters. The maximum Gasteiger partial charge on any atom is 0.227 e. The Labute approximate surface area is 195 Å². The number of carbonyl (C=O) groups excluding carboxylic acids is 1. The highest BCUT2D eigenvalue weighted by Gasteiger charge is 2.26. The van der Waals surface area contributed by atoms with E-state index in [1.165, 1.54) is 19.2 Å². The maximum atomic E-state index is 12.9. The van der Waals surface area contributed by atoms with Gasteiger partial charge in [-0.2, -0.15) is 0 Å². The Morgan fingerprint density at radius 1 is 1.21 bits per heavy atom. The molecule has 1 amide bonds. The summed E-state index contributed by atoms with van der Waals surface area (Å²) in [6, 6.07) is 13.5. The number of amides is 1. The van der Waals surface area contributed by atoms with E-state index in [2.05, 4.69) is 10.3 Å². The number of para-hydroxylation sites is 2. The topological polar surface area (TPSA) is 127 Å². The number of fused-ring (bicyclic) bond motifs is 1. The molecular weight excluding hydrogens is 438 g/mol. The average molecular weight is 463 g/mol. The Bertz CT molecular complexity index is 1390. The number of benzene rings is 2. The molecule has 4 aromatic rings. The number of methoxy groups -OCH3 is 1. The van der Waals surface area contributed by atoms with Gasteiger partial charge in [-0.3, -0.25) is 9.59 Å². The number of nitrogens with zero attached hydrogens (tertiary/aromatic N) is 2. The van der Waals surface area contributed by atoms with Crippen molar-refractivity contribution >= 4 is 16.9 Å². The summed E-state index contributed by atoms with van der Waals surface area (Å²) in [6.45, 7) is 2.47. The SMILES string of the molecule is COc1cc([C@@H](CC(=O)NCCn2cnc3ccccc32)c2oc(C)cc(=O)c2O)ccc1O. The van der Waals surface area contributed by atoms with E-state index in [0.717, 1.165) is 11.0 Å². The van der Waals surface area contributed by atoms with Crippen molar-refractivity contribution in [3.8, 4) is 17.2 Å². The Kier molecular flexibility index (Phi) is 6.53.